The smallest absolute Gasteiger partial charge is 0.225 e. The van der Waals surface area contributed by atoms with Crippen LogP contribution in [-0.2, 0) is 11.2 Å². The SMILES string of the molecule is CCC(C)(C#N)NC(=O)Cc1ccccc1C. The third-order valence-corrected chi connectivity index (χ3v) is 2.98. The van der Waals surface area contributed by atoms with Crippen LogP contribution in [-0.4, -0.2) is 11.4 Å². The molecule has 1 N–H and O–H groups in total. The van der Waals surface area contributed by atoms with Crippen molar-refractivity contribution in [1.82, 2.24) is 5.32 Å². The number of hydrogen-bond donors (Lipinski definition) is 1. The maximum atomic E-state index is 11.8. The van der Waals surface area contributed by atoms with Gasteiger partial charge in [0.05, 0.1) is 12.5 Å². The first-order valence-corrected chi connectivity index (χ1v) is 5.77. The Kier molecular flexibility index (Phi) is 4.28. The van der Waals surface area contributed by atoms with Gasteiger partial charge >= 0.3 is 0 Å². The van der Waals surface area contributed by atoms with Gasteiger partial charge in [-0.1, -0.05) is 31.2 Å². The zero-order valence-electron chi connectivity index (χ0n) is 10.6. The van der Waals surface area contributed by atoms with Crippen molar-refractivity contribution in [2.75, 3.05) is 0 Å². The average Bonchev–Trinajstić information content (AvgIpc) is 2.32. The second kappa shape index (κ2) is 5.49. The molecule has 0 saturated heterocycles. The van der Waals surface area contributed by atoms with Gasteiger partial charge in [0.1, 0.15) is 5.54 Å². The summed E-state index contributed by atoms with van der Waals surface area (Å²) in [7, 11) is 0. The summed E-state index contributed by atoms with van der Waals surface area (Å²) in [6.07, 6.45) is 0.924. The van der Waals surface area contributed by atoms with Crippen molar-refractivity contribution in [2.24, 2.45) is 0 Å². The number of hydrogen-bond acceptors (Lipinski definition) is 2. The molecule has 0 bridgehead atoms. The Morgan fingerprint density at radius 3 is 2.65 bits per heavy atom. The third kappa shape index (κ3) is 3.60. The quantitative estimate of drug-likeness (QED) is 0.863. The summed E-state index contributed by atoms with van der Waals surface area (Å²) in [5.74, 6) is -0.106. The van der Waals surface area contributed by atoms with Gasteiger partial charge in [0, 0.05) is 0 Å². The lowest BCUT2D eigenvalue weighted by Crippen LogP contribution is -2.45. The van der Waals surface area contributed by atoms with Crippen LogP contribution in [0.15, 0.2) is 24.3 Å². The Bertz CT molecular complexity index is 448. The van der Waals surface area contributed by atoms with Crippen molar-refractivity contribution in [2.45, 2.75) is 39.2 Å². The van der Waals surface area contributed by atoms with E-state index in [0.29, 0.717) is 12.8 Å². The highest BCUT2D eigenvalue weighted by Crippen LogP contribution is 2.10. The maximum absolute atomic E-state index is 11.8. The summed E-state index contributed by atoms with van der Waals surface area (Å²) in [5, 5.41) is 11.8. The van der Waals surface area contributed by atoms with Crippen LogP contribution in [0.4, 0.5) is 0 Å². The Morgan fingerprint density at radius 2 is 2.12 bits per heavy atom. The summed E-state index contributed by atoms with van der Waals surface area (Å²) in [4.78, 5) is 11.8. The van der Waals surface area contributed by atoms with Crippen molar-refractivity contribution >= 4 is 5.91 Å². The molecule has 1 aromatic carbocycles. The van der Waals surface area contributed by atoms with E-state index in [-0.39, 0.29) is 5.91 Å². The molecule has 1 atom stereocenters. The molecule has 0 aliphatic carbocycles. The highest BCUT2D eigenvalue weighted by atomic mass is 16.1. The molecule has 1 unspecified atom stereocenters. The van der Waals surface area contributed by atoms with E-state index < -0.39 is 5.54 Å². The predicted octanol–water partition coefficient (Wildman–Crippen LogP) is 2.35. The molecule has 0 spiro atoms. The lowest BCUT2D eigenvalue weighted by molar-refractivity contribution is -0.121. The van der Waals surface area contributed by atoms with Gasteiger partial charge < -0.3 is 5.32 Å². The molecule has 0 radical (unpaired) electrons. The van der Waals surface area contributed by atoms with Gasteiger partial charge in [-0.2, -0.15) is 5.26 Å². The predicted molar refractivity (Wildman–Crippen MR) is 67.3 cm³/mol. The molecule has 17 heavy (non-hydrogen) atoms. The zero-order valence-corrected chi connectivity index (χ0v) is 10.6. The first-order valence-electron chi connectivity index (χ1n) is 5.77. The number of rotatable bonds is 4. The molecule has 0 aliphatic rings. The Morgan fingerprint density at radius 1 is 1.47 bits per heavy atom. The normalized spacial score (nSPS) is 13.5. The number of aryl methyl sites for hydroxylation is 1. The van der Waals surface area contributed by atoms with Gasteiger partial charge in [-0.15, -0.1) is 0 Å². The maximum Gasteiger partial charge on any atom is 0.225 e. The van der Waals surface area contributed by atoms with Crippen LogP contribution < -0.4 is 5.32 Å². The molecule has 0 saturated carbocycles. The van der Waals surface area contributed by atoms with E-state index in [9.17, 15) is 4.79 Å². The van der Waals surface area contributed by atoms with Crippen molar-refractivity contribution in [1.29, 1.82) is 5.26 Å². The molecular weight excluding hydrogens is 212 g/mol. The van der Waals surface area contributed by atoms with Crippen LogP contribution in [0.3, 0.4) is 0 Å². The number of amides is 1. The van der Waals surface area contributed by atoms with E-state index >= 15 is 0 Å². The number of nitriles is 1. The lowest BCUT2D eigenvalue weighted by atomic mass is 10.00. The van der Waals surface area contributed by atoms with Gasteiger partial charge in [-0.05, 0) is 31.4 Å². The second-order valence-corrected chi connectivity index (χ2v) is 4.45. The zero-order chi connectivity index (χ0) is 12.9. The summed E-state index contributed by atoms with van der Waals surface area (Å²) in [5.41, 5.74) is 1.33. The van der Waals surface area contributed by atoms with Gasteiger partial charge in [0.15, 0.2) is 0 Å². The van der Waals surface area contributed by atoms with Crippen LogP contribution in [0.5, 0.6) is 0 Å². The van der Waals surface area contributed by atoms with Crippen LogP contribution >= 0.6 is 0 Å². The van der Waals surface area contributed by atoms with Gasteiger partial charge in [-0.3, -0.25) is 4.79 Å². The standard InChI is InChI=1S/C14H18N2O/c1-4-14(3,10-15)16-13(17)9-12-8-6-5-7-11(12)2/h5-8H,4,9H2,1-3H3,(H,16,17). The van der Waals surface area contributed by atoms with Crippen LogP contribution in [0, 0.1) is 18.3 Å². The number of benzene rings is 1. The minimum absolute atomic E-state index is 0.106. The highest BCUT2D eigenvalue weighted by molar-refractivity contribution is 5.80. The molecule has 1 rings (SSSR count). The summed E-state index contributed by atoms with van der Waals surface area (Å²) >= 11 is 0. The largest absolute Gasteiger partial charge is 0.338 e. The lowest BCUT2D eigenvalue weighted by Gasteiger charge is -2.21. The summed E-state index contributed by atoms with van der Waals surface area (Å²) < 4.78 is 0. The molecule has 1 aromatic rings. The fourth-order valence-electron chi connectivity index (χ4n) is 1.53. The Labute approximate surface area is 102 Å². The van der Waals surface area contributed by atoms with Crippen LogP contribution in [0.1, 0.15) is 31.4 Å². The van der Waals surface area contributed by atoms with Gasteiger partial charge in [0.25, 0.3) is 0 Å². The molecule has 0 aliphatic heterocycles. The summed E-state index contributed by atoms with van der Waals surface area (Å²) in [6.45, 7) is 5.60. The fourth-order valence-corrected chi connectivity index (χ4v) is 1.53. The minimum atomic E-state index is -0.764. The minimum Gasteiger partial charge on any atom is -0.338 e. The van der Waals surface area contributed by atoms with E-state index in [2.05, 4.69) is 11.4 Å². The topological polar surface area (TPSA) is 52.9 Å². The van der Waals surface area contributed by atoms with Gasteiger partial charge in [-0.25, -0.2) is 0 Å². The number of nitrogens with zero attached hydrogens (tertiary/aromatic N) is 1. The first kappa shape index (κ1) is 13.2. The van der Waals surface area contributed by atoms with E-state index in [1.165, 1.54) is 0 Å². The molecule has 3 heteroatoms. The third-order valence-electron chi connectivity index (χ3n) is 2.98. The summed E-state index contributed by atoms with van der Waals surface area (Å²) in [6, 6.07) is 9.90. The van der Waals surface area contributed by atoms with Crippen LogP contribution in [0.2, 0.25) is 0 Å². The van der Waals surface area contributed by atoms with E-state index in [1.807, 2.05) is 38.1 Å². The Balaban J connectivity index is 2.69. The molecule has 0 fully saturated rings. The van der Waals surface area contributed by atoms with Gasteiger partial charge in [0.2, 0.25) is 5.91 Å². The van der Waals surface area contributed by atoms with E-state index in [4.69, 9.17) is 5.26 Å². The molecular formula is C14H18N2O. The van der Waals surface area contributed by atoms with E-state index in [0.717, 1.165) is 11.1 Å². The van der Waals surface area contributed by atoms with Crippen molar-refractivity contribution in [3.05, 3.63) is 35.4 Å². The van der Waals surface area contributed by atoms with E-state index in [1.54, 1.807) is 6.92 Å². The molecule has 0 aromatic heterocycles. The molecule has 0 heterocycles. The first-order chi connectivity index (χ1) is 8.00. The Hall–Kier alpha value is -1.82. The van der Waals surface area contributed by atoms with Crippen molar-refractivity contribution in [3.8, 4) is 6.07 Å². The fraction of sp³-hybridized carbons (Fsp3) is 0.429. The molecule has 90 valence electrons. The molecule has 1 amide bonds. The highest BCUT2D eigenvalue weighted by Gasteiger charge is 2.23. The number of nitrogens with one attached hydrogen (secondary N) is 1. The van der Waals surface area contributed by atoms with Crippen molar-refractivity contribution in [3.63, 3.8) is 0 Å². The monoisotopic (exact) mass is 230 g/mol. The average molecular weight is 230 g/mol. The number of carbonyl (C=O) groups is 1. The molecule has 3 nitrogen and oxygen atoms in total. The van der Waals surface area contributed by atoms with Crippen molar-refractivity contribution < 1.29 is 4.79 Å². The van der Waals surface area contributed by atoms with Crippen LogP contribution in [0.25, 0.3) is 0 Å². The second-order valence-electron chi connectivity index (χ2n) is 4.45. The number of carbonyl (C=O) groups excluding carboxylic acids is 1.